The van der Waals surface area contributed by atoms with Gasteiger partial charge in [0, 0.05) is 19.8 Å². The predicted octanol–water partition coefficient (Wildman–Crippen LogP) is 2.12. The number of para-hydroxylation sites is 2. The van der Waals surface area contributed by atoms with E-state index in [1.165, 1.54) is 14.2 Å². The van der Waals surface area contributed by atoms with E-state index in [1.54, 1.807) is 18.2 Å². The average Bonchev–Trinajstić information content (AvgIpc) is 2.68. The van der Waals surface area contributed by atoms with Gasteiger partial charge in [-0.05, 0) is 30.3 Å². The second-order valence-corrected chi connectivity index (χ2v) is 6.34. The Hall–Kier alpha value is -3.26. The van der Waals surface area contributed by atoms with Crippen molar-refractivity contribution in [2.24, 2.45) is 0 Å². The molecular formula is C20H23N3O5. The van der Waals surface area contributed by atoms with Crippen LogP contribution in [-0.4, -0.2) is 52.3 Å². The van der Waals surface area contributed by atoms with Gasteiger partial charge in [-0.25, -0.2) is 0 Å². The van der Waals surface area contributed by atoms with Crippen molar-refractivity contribution >= 4 is 28.9 Å². The summed E-state index contributed by atoms with van der Waals surface area (Å²) < 4.78 is 15.9. The van der Waals surface area contributed by atoms with E-state index >= 15 is 0 Å². The molecule has 1 unspecified atom stereocenters. The molecule has 1 atom stereocenters. The van der Waals surface area contributed by atoms with E-state index in [4.69, 9.17) is 14.2 Å². The van der Waals surface area contributed by atoms with Crippen LogP contribution in [0.15, 0.2) is 42.5 Å². The summed E-state index contributed by atoms with van der Waals surface area (Å²) in [6.45, 7) is 0.345. The molecule has 0 saturated carbocycles. The van der Waals surface area contributed by atoms with Crippen molar-refractivity contribution in [3.05, 3.63) is 42.5 Å². The highest BCUT2D eigenvalue weighted by molar-refractivity contribution is 5.98. The van der Waals surface area contributed by atoms with Gasteiger partial charge in [0.15, 0.2) is 6.10 Å². The maximum Gasteiger partial charge on any atom is 0.267 e. The Kier molecular flexibility index (Phi) is 6.00. The minimum Gasteiger partial charge on any atom is -0.495 e. The lowest BCUT2D eigenvalue weighted by molar-refractivity contribution is -0.122. The van der Waals surface area contributed by atoms with Crippen molar-refractivity contribution in [2.75, 3.05) is 50.0 Å². The molecule has 0 fully saturated rings. The number of rotatable bonds is 6. The number of nitrogens with zero attached hydrogens (tertiary/aromatic N) is 1. The molecule has 1 aliphatic heterocycles. The Morgan fingerprint density at radius 3 is 2.71 bits per heavy atom. The van der Waals surface area contributed by atoms with E-state index in [0.717, 1.165) is 5.69 Å². The number of hydrogen-bond donors (Lipinski definition) is 2. The van der Waals surface area contributed by atoms with E-state index in [0.29, 0.717) is 29.4 Å². The third-order valence-electron chi connectivity index (χ3n) is 4.29. The van der Waals surface area contributed by atoms with E-state index < -0.39 is 6.10 Å². The molecule has 3 rings (SSSR count). The minimum absolute atomic E-state index is 0.0819. The van der Waals surface area contributed by atoms with Crippen LogP contribution < -0.4 is 25.0 Å². The van der Waals surface area contributed by atoms with Crippen molar-refractivity contribution in [2.45, 2.75) is 6.10 Å². The lowest BCUT2D eigenvalue weighted by Gasteiger charge is -2.32. The number of fused-ring (bicyclic) bond motifs is 1. The number of hydrogen-bond acceptors (Lipinski definition) is 6. The van der Waals surface area contributed by atoms with Gasteiger partial charge in [0.1, 0.15) is 18.1 Å². The first kappa shape index (κ1) is 19.5. The summed E-state index contributed by atoms with van der Waals surface area (Å²) in [7, 11) is 4.86. The molecule has 0 aliphatic carbocycles. The molecule has 2 amide bonds. The van der Waals surface area contributed by atoms with Gasteiger partial charge in [0.05, 0.1) is 25.0 Å². The molecule has 0 radical (unpaired) electrons. The number of methoxy groups -OCH3 is 2. The van der Waals surface area contributed by atoms with Crippen LogP contribution in [0.2, 0.25) is 0 Å². The topological polar surface area (TPSA) is 89.1 Å². The molecule has 1 aliphatic rings. The fourth-order valence-corrected chi connectivity index (χ4v) is 2.97. The molecule has 2 aromatic rings. The normalized spacial score (nSPS) is 15.2. The summed E-state index contributed by atoms with van der Waals surface area (Å²) in [6, 6.07) is 12.6. The van der Waals surface area contributed by atoms with Gasteiger partial charge < -0.3 is 29.7 Å². The van der Waals surface area contributed by atoms with Crippen LogP contribution in [0.1, 0.15) is 0 Å². The number of benzene rings is 2. The van der Waals surface area contributed by atoms with E-state index in [1.807, 2.05) is 36.2 Å². The molecule has 148 valence electrons. The lowest BCUT2D eigenvalue weighted by atomic mass is 10.2. The zero-order chi connectivity index (χ0) is 20.1. The third-order valence-corrected chi connectivity index (χ3v) is 4.29. The van der Waals surface area contributed by atoms with Crippen LogP contribution in [0, 0.1) is 0 Å². The standard InChI is InChI=1S/C20H23N3O5/c1-23-11-18(28-17-7-5-4-6-15(17)23)20(25)21-13-8-9-16(27-3)14(10-13)22-19(24)12-26-2/h4-10,18H,11-12H2,1-3H3,(H,21,25)(H,22,24). The SMILES string of the molecule is COCC(=O)Nc1cc(NC(=O)C2CN(C)c3ccccc3O2)ccc1OC. The third kappa shape index (κ3) is 4.34. The van der Waals surface area contributed by atoms with Crippen LogP contribution in [0.5, 0.6) is 11.5 Å². The largest absolute Gasteiger partial charge is 0.495 e. The number of likely N-dealkylation sites (N-methyl/N-ethyl adjacent to an activating group) is 1. The Morgan fingerprint density at radius 2 is 1.96 bits per heavy atom. The Balaban J connectivity index is 1.73. The number of nitrogens with one attached hydrogen (secondary N) is 2. The molecule has 8 heteroatoms. The minimum atomic E-state index is -0.659. The fourth-order valence-electron chi connectivity index (χ4n) is 2.97. The van der Waals surface area contributed by atoms with E-state index in [-0.39, 0.29) is 18.4 Å². The highest BCUT2D eigenvalue weighted by atomic mass is 16.5. The Labute approximate surface area is 163 Å². The second-order valence-electron chi connectivity index (χ2n) is 6.34. The van der Waals surface area contributed by atoms with Crippen LogP contribution in [0.3, 0.4) is 0 Å². The molecule has 0 saturated heterocycles. The maximum atomic E-state index is 12.7. The fraction of sp³-hybridized carbons (Fsp3) is 0.300. The predicted molar refractivity (Wildman–Crippen MR) is 106 cm³/mol. The molecule has 0 bridgehead atoms. The number of carbonyl (C=O) groups is 2. The quantitative estimate of drug-likeness (QED) is 0.792. The van der Waals surface area contributed by atoms with Crippen LogP contribution in [0.25, 0.3) is 0 Å². The van der Waals surface area contributed by atoms with Gasteiger partial charge in [-0.15, -0.1) is 0 Å². The molecule has 1 heterocycles. The molecule has 2 aromatic carbocycles. The summed E-state index contributed by atoms with van der Waals surface area (Å²) in [6.07, 6.45) is -0.659. The summed E-state index contributed by atoms with van der Waals surface area (Å²) in [5, 5.41) is 5.53. The van der Waals surface area contributed by atoms with Crippen molar-refractivity contribution in [1.82, 2.24) is 0 Å². The summed E-state index contributed by atoms with van der Waals surface area (Å²) >= 11 is 0. The molecule has 2 N–H and O–H groups in total. The number of carbonyl (C=O) groups excluding carboxylic acids is 2. The van der Waals surface area contributed by atoms with Gasteiger partial charge in [0.2, 0.25) is 5.91 Å². The first-order valence-electron chi connectivity index (χ1n) is 8.76. The first-order valence-corrected chi connectivity index (χ1v) is 8.76. The highest BCUT2D eigenvalue weighted by Crippen LogP contribution is 2.32. The monoisotopic (exact) mass is 385 g/mol. The molecule has 8 nitrogen and oxygen atoms in total. The van der Waals surface area contributed by atoms with Crippen molar-refractivity contribution < 1.29 is 23.8 Å². The first-order chi connectivity index (χ1) is 13.5. The summed E-state index contributed by atoms with van der Waals surface area (Å²) in [5.74, 6) is 0.544. The van der Waals surface area contributed by atoms with Crippen LogP contribution >= 0.6 is 0 Å². The number of amides is 2. The van der Waals surface area contributed by atoms with Gasteiger partial charge in [0.25, 0.3) is 5.91 Å². The van der Waals surface area contributed by atoms with Crippen molar-refractivity contribution in [3.63, 3.8) is 0 Å². The molecule has 28 heavy (non-hydrogen) atoms. The zero-order valence-corrected chi connectivity index (χ0v) is 16.0. The molecule has 0 aromatic heterocycles. The van der Waals surface area contributed by atoms with Gasteiger partial charge >= 0.3 is 0 Å². The van der Waals surface area contributed by atoms with E-state index in [2.05, 4.69) is 10.6 Å². The van der Waals surface area contributed by atoms with Crippen molar-refractivity contribution in [1.29, 1.82) is 0 Å². The Bertz CT molecular complexity index is 871. The Morgan fingerprint density at radius 1 is 1.18 bits per heavy atom. The number of anilines is 3. The van der Waals surface area contributed by atoms with Crippen molar-refractivity contribution in [3.8, 4) is 11.5 Å². The molecular weight excluding hydrogens is 362 g/mol. The number of ether oxygens (including phenoxy) is 3. The molecule has 0 spiro atoms. The lowest BCUT2D eigenvalue weighted by Crippen LogP contribution is -2.45. The summed E-state index contributed by atoms with van der Waals surface area (Å²) in [4.78, 5) is 26.5. The van der Waals surface area contributed by atoms with Gasteiger partial charge in [-0.1, -0.05) is 12.1 Å². The maximum absolute atomic E-state index is 12.7. The van der Waals surface area contributed by atoms with Crippen LogP contribution in [-0.2, 0) is 14.3 Å². The smallest absolute Gasteiger partial charge is 0.267 e. The van der Waals surface area contributed by atoms with Crippen LogP contribution in [0.4, 0.5) is 17.1 Å². The van der Waals surface area contributed by atoms with Gasteiger partial charge in [-0.3, -0.25) is 9.59 Å². The second kappa shape index (κ2) is 8.62. The summed E-state index contributed by atoms with van der Waals surface area (Å²) in [5.41, 5.74) is 1.90. The average molecular weight is 385 g/mol. The van der Waals surface area contributed by atoms with E-state index in [9.17, 15) is 9.59 Å². The highest BCUT2D eigenvalue weighted by Gasteiger charge is 2.29. The zero-order valence-electron chi connectivity index (χ0n) is 16.0. The van der Waals surface area contributed by atoms with Gasteiger partial charge in [-0.2, -0.15) is 0 Å².